The number of rotatable bonds is 33. The molecule has 9 atom stereocenters. The Kier molecular flexibility index (Phi) is 26.1. The van der Waals surface area contributed by atoms with Crippen molar-refractivity contribution in [3.05, 3.63) is 18.2 Å². The van der Waals surface area contributed by atoms with Crippen LogP contribution in [0.15, 0.2) is 22.5 Å². The van der Waals surface area contributed by atoms with Gasteiger partial charge in [-0.2, -0.15) is 0 Å². The van der Waals surface area contributed by atoms with E-state index in [2.05, 4.69) is 51.9 Å². The average molecular weight is 1160 g/mol. The summed E-state index contributed by atoms with van der Waals surface area (Å²) >= 11 is 0. The van der Waals surface area contributed by atoms with Crippen LogP contribution in [-0.4, -0.2) is 218 Å². The van der Waals surface area contributed by atoms with Gasteiger partial charge in [0.05, 0.1) is 19.5 Å². The highest BCUT2D eigenvalue weighted by Gasteiger charge is 2.45. The Labute approximate surface area is 471 Å². The number of aromatic amines is 1. The monoisotopic (exact) mass is 1160 g/mol. The summed E-state index contributed by atoms with van der Waals surface area (Å²) in [5.41, 5.74) is 38.4. The molecule has 4 rings (SSSR count). The van der Waals surface area contributed by atoms with Crippen LogP contribution in [0.4, 0.5) is 0 Å². The predicted molar refractivity (Wildman–Crippen MR) is 289 cm³/mol. The van der Waals surface area contributed by atoms with Crippen LogP contribution in [0.3, 0.4) is 0 Å². The van der Waals surface area contributed by atoms with Gasteiger partial charge in [-0.25, -0.2) is 4.98 Å². The third-order valence-corrected chi connectivity index (χ3v) is 13.9. The Morgan fingerprint density at radius 1 is 0.598 bits per heavy atom. The fourth-order valence-electron chi connectivity index (χ4n) is 9.72. The number of aromatic nitrogens is 2. The van der Waals surface area contributed by atoms with Gasteiger partial charge in [0.2, 0.25) is 65.0 Å². The van der Waals surface area contributed by atoms with E-state index in [1.54, 1.807) is 0 Å². The molecule has 3 saturated heterocycles. The topological polar surface area (TPSA) is 563 Å². The highest BCUT2D eigenvalue weighted by Crippen LogP contribution is 2.27. The molecular weight excluding hydrogens is 1080 g/mol. The number of primary amides is 2. The number of H-pyrrole nitrogens is 1. The molecule has 4 heterocycles. The van der Waals surface area contributed by atoms with E-state index < -0.39 is 158 Å². The highest BCUT2D eigenvalue weighted by molar-refractivity contribution is 5.99. The van der Waals surface area contributed by atoms with Crippen LogP contribution in [0.1, 0.15) is 95.6 Å². The number of amides is 11. The van der Waals surface area contributed by atoms with Crippen molar-refractivity contribution < 1.29 is 67.7 Å². The van der Waals surface area contributed by atoms with E-state index in [1.165, 1.54) is 27.2 Å². The van der Waals surface area contributed by atoms with E-state index in [0.29, 0.717) is 37.9 Å². The molecule has 0 aromatic carbocycles. The number of nitrogens with zero attached hydrogens (tertiary/aromatic N) is 6. The van der Waals surface area contributed by atoms with Crippen molar-refractivity contribution in [1.29, 1.82) is 0 Å². The fourth-order valence-corrected chi connectivity index (χ4v) is 9.72. The van der Waals surface area contributed by atoms with Crippen molar-refractivity contribution in [3.63, 3.8) is 0 Å². The number of aliphatic carboxylic acids is 1. The normalized spacial score (nSPS) is 18.8. The average Bonchev–Trinajstić information content (AvgIpc) is 4.44. The summed E-state index contributed by atoms with van der Waals surface area (Å²) in [5, 5.41) is 34.3. The molecule has 1 aromatic heterocycles. The van der Waals surface area contributed by atoms with E-state index in [-0.39, 0.29) is 89.6 Å². The van der Waals surface area contributed by atoms with Gasteiger partial charge in [-0.05, 0) is 77.0 Å². The van der Waals surface area contributed by atoms with Gasteiger partial charge in [0.25, 0.3) is 0 Å². The minimum atomic E-state index is -1.64. The summed E-state index contributed by atoms with van der Waals surface area (Å²) in [6, 6.07) is -12.3. The van der Waals surface area contributed by atoms with Gasteiger partial charge in [0.15, 0.2) is 11.9 Å². The third-order valence-electron chi connectivity index (χ3n) is 13.9. The summed E-state index contributed by atoms with van der Waals surface area (Å²) in [6.45, 7) is -0.690. The third kappa shape index (κ3) is 20.1. The van der Waals surface area contributed by atoms with Gasteiger partial charge in [0.1, 0.15) is 54.4 Å². The minimum absolute atomic E-state index is 0.0287. The Morgan fingerprint density at radius 2 is 1.06 bits per heavy atom. The largest absolute Gasteiger partial charge is 0.481 e. The van der Waals surface area contributed by atoms with Crippen molar-refractivity contribution in [2.45, 2.75) is 151 Å². The molecule has 82 heavy (non-hydrogen) atoms. The van der Waals surface area contributed by atoms with E-state index >= 15 is 0 Å². The molecule has 34 nitrogen and oxygen atoms in total. The Balaban J connectivity index is 1.57. The molecule has 0 bridgehead atoms. The molecule has 3 aliphatic rings. The summed E-state index contributed by atoms with van der Waals surface area (Å²) in [4.78, 5) is 180. The maximum atomic E-state index is 14.5. The number of nitrogens with two attached hydrogens (primary N) is 7. The molecule has 0 radical (unpaired) electrons. The van der Waals surface area contributed by atoms with Gasteiger partial charge < -0.3 is 102 Å². The maximum Gasteiger partial charge on any atom is 0.303 e. The van der Waals surface area contributed by atoms with E-state index in [9.17, 15) is 67.7 Å². The first-order valence-electron chi connectivity index (χ1n) is 26.9. The van der Waals surface area contributed by atoms with Gasteiger partial charge in [0, 0.05) is 63.9 Å². The summed E-state index contributed by atoms with van der Waals surface area (Å²) < 4.78 is 0. The Bertz CT molecular complexity index is 2510. The van der Waals surface area contributed by atoms with Gasteiger partial charge in [-0.15, -0.1) is 0 Å². The number of guanidine groups is 2. The first kappa shape index (κ1) is 65.8. The lowest BCUT2D eigenvalue weighted by Crippen LogP contribution is -2.60. The number of hydrogen-bond acceptors (Lipinski definition) is 17. The molecule has 3 aliphatic heterocycles. The SMILES string of the molecule is NCC(=O)N1CCC[C@H]1C(=O)N[C@@H](CCCN=C(N)N)C(=O)N1CCC[C@H]1C(=O)N1CCC[C@H]1C(=O)N[C@@H](CCC(=O)O)C(=O)N[C@@H](CCCN=C(N)N)C(=O)N[C@@H](Cc1cnc[nH]1)C(=O)N[C@@H](CCC(N)=O)C(=O)N[C@@H](CO)C(N)=O. The minimum Gasteiger partial charge on any atom is -0.481 e. The first-order chi connectivity index (χ1) is 38.9. The maximum absolute atomic E-state index is 14.5. The van der Waals surface area contributed by atoms with Gasteiger partial charge in [-0.3, -0.25) is 67.5 Å². The lowest BCUT2D eigenvalue weighted by Gasteiger charge is -2.34. The molecule has 0 saturated carbocycles. The standard InChI is InChI=1S/C48H78N20O14/c49-21-36(71)66-17-3-8-32(66)43(79)63-29(7-2-16-58-48(54)55)45(81)68-19-5-10-34(68)46(82)67-18-4-9-33(67)44(80)62-28(12-14-37(72)73)40(76)60-26(6-1-15-57-47(52)53)39(75)64-30(20-25-22-56-24-59-25)42(78)61-27(11-13-35(50)70)41(77)65-31(23-69)38(51)74/h22,24,26-34,69H,1-21,23,49H2,(H2,50,70)(H2,51,74)(H,56,59)(H,60,76)(H,61,78)(H,62,80)(H,63,79)(H,64,75)(H,65,77)(H,72,73)(H4,52,53,57)(H4,54,55,58)/t26-,27-,28-,29-,30-,31-,32-,33-,34-/m0/s1. The van der Waals surface area contributed by atoms with Crippen LogP contribution in [0.25, 0.3) is 0 Å². The molecule has 0 aliphatic carbocycles. The number of imidazole rings is 1. The van der Waals surface area contributed by atoms with Crippen molar-refractivity contribution in [2.24, 2.45) is 50.1 Å². The van der Waals surface area contributed by atoms with Crippen LogP contribution >= 0.6 is 0 Å². The fraction of sp³-hybridized carbons (Fsp3) is 0.646. The van der Waals surface area contributed by atoms with Crippen molar-refractivity contribution in [1.82, 2.24) is 56.6 Å². The molecule has 34 heteroatoms. The van der Waals surface area contributed by atoms with Crippen molar-refractivity contribution >= 4 is 82.9 Å². The van der Waals surface area contributed by atoms with Gasteiger partial charge >= 0.3 is 5.97 Å². The van der Waals surface area contributed by atoms with E-state index in [0.717, 1.165) is 0 Å². The first-order valence-corrected chi connectivity index (χ1v) is 26.9. The zero-order valence-corrected chi connectivity index (χ0v) is 45.4. The molecule has 3 fully saturated rings. The lowest BCUT2D eigenvalue weighted by molar-refractivity contribution is -0.148. The smallest absolute Gasteiger partial charge is 0.303 e. The van der Waals surface area contributed by atoms with Gasteiger partial charge in [-0.1, -0.05) is 0 Å². The number of likely N-dealkylation sites (tertiary alicyclic amines) is 3. The molecule has 11 amide bonds. The number of aliphatic hydroxyl groups excluding tert-OH is 1. The Hall–Kier alpha value is -8.69. The molecular formula is C48H78N20O14. The van der Waals surface area contributed by atoms with Crippen LogP contribution in [0.5, 0.6) is 0 Å². The predicted octanol–water partition coefficient (Wildman–Crippen LogP) is -8.49. The molecule has 454 valence electrons. The van der Waals surface area contributed by atoms with Crippen LogP contribution in [0.2, 0.25) is 0 Å². The van der Waals surface area contributed by atoms with E-state index in [4.69, 9.17) is 40.1 Å². The number of aliphatic hydroxyl groups is 1. The highest BCUT2D eigenvalue weighted by atomic mass is 16.4. The molecule has 23 N–H and O–H groups in total. The van der Waals surface area contributed by atoms with Crippen molar-refractivity contribution in [2.75, 3.05) is 45.9 Å². The molecule has 1 aromatic rings. The summed E-state index contributed by atoms with van der Waals surface area (Å²) in [5.74, 6) is -11.0. The zero-order chi connectivity index (χ0) is 60.6. The molecule has 0 unspecified atom stereocenters. The Morgan fingerprint density at radius 3 is 1.57 bits per heavy atom. The second-order valence-corrected chi connectivity index (χ2v) is 19.9. The second kappa shape index (κ2) is 32.5. The number of aliphatic imine (C=N–C) groups is 2. The molecule has 0 spiro atoms. The number of hydrogen-bond donors (Lipinski definition) is 16. The lowest BCUT2D eigenvalue weighted by atomic mass is 10.0. The number of nitrogens with one attached hydrogen (secondary N) is 7. The van der Waals surface area contributed by atoms with Crippen LogP contribution < -0.4 is 72.0 Å². The number of carboxylic acid groups (broad SMARTS) is 1. The quantitative estimate of drug-likeness (QED) is 0.0177. The van der Waals surface area contributed by atoms with Crippen LogP contribution in [0, 0.1) is 0 Å². The van der Waals surface area contributed by atoms with E-state index in [1.807, 2.05) is 0 Å². The number of carboxylic acids is 1. The summed E-state index contributed by atoms with van der Waals surface area (Å²) in [6.07, 6.45) is 2.25. The second-order valence-electron chi connectivity index (χ2n) is 19.9. The number of carbonyl (C=O) groups is 12. The summed E-state index contributed by atoms with van der Waals surface area (Å²) in [7, 11) is 0. The van der Waals surface area contributed by atoms with Crippen molar-refractivity contribution in [3.8, 4) is 0 Å². The zero-order valence-electron chi connectivity index (χ0n) is 45.4. The van der Waals surface area contributed by atoms with Crippen LogP contribution in [-0.2, 0) is 64.0 Å². The number of carbonyl (C=O) groups excluding carboxylic acids is 11.